The van der Waals surface area contributed by atoms with Gasteiger partial charge >= 0.3 is 11.9 Å². The molecule has 0 saturated heterocycles. The number of nitrogens with zero attached hydrogens (tertiary/aromatic N) is 2. The molecule has 1 aromatic heterocycles. The number of anilines is 1. The zero-order chi connectivity index (χ0) is 29.7. The summed E-state index contributed by atoms with van der Waals surface area (Å²) < 4.78 is 9.88. The zero-order valence-electron chi connectivity index (χ0n) is 23.0. The van der Waals surface area contributed by atoms with Gasteiger partial charge in [0.2, 0.25) is 18.6 Å². The number of hydrogen-bond acceptors (Lipinski definition) is 10. The molecule has 40 heavy (non-hydrogen) atoms. The molecule has 1 atom stereocenters. The highest BCUT2D eigenvalue weighted by Gasteiger charge is 2.25. The second kappa shape index (κ2) is 15.1. The van der Waals surface area contributed by atoms with Crippen molar-refractivity contribution in [1.82, 2.24) is 15.6 Å². The Kier molecular flexibility index (Phi) is 12.0. The number of aryl methyl sites for hydroxylation is 1. The predicted octanol–water partition coefficient (Wildman–Crippen LogP) is 2.94. The van der Waals surface area contributed by atoms with E-state index in [0.29, 0.717) is 18.8 Å². The maximum atomic E-state index is 12.6. The molecule has 2 amide bonds. The number of carbonyl (C=O) groups excluding carboxylic acids is 4. The van der Waals surface area contributed by atoms with Crippen LogP contribution < -0.4 is 16.0 Å². The van der Waals surface area contributed by atoms with E-state index in [0.717, 1.165) is 5.56 Å². The number of nitrogens with one attached hydrogen (secondary N) is 3. The van der Waals surface area contributed by atoms with Crippen LogP contribution in [0.3, 0.4) is 0 Å². The Balaban J connectivity index is 1.89. The Morgan fingerprint density at radius 2 is 1.82 bits per heavy atom. The molecule has 2 aromatic rings. The van der Waals surface area contributed by atoms with Gasteiger partial charge in [-0.05, 0) is 57.4 Å². The number of aromatic nitrogens is 1. The lowest BCUT2D eigenvalue weighted by Gasteiger charge is -2.20. The van der Waals surface area contributed by atoms with Crippen LogP contribution >= 0.6 is 0 Å². The number of amides is 2. The summed E-state index contributed by atoms with van der Waals surface area (Å²) in [4.78, 5) is 63.8. The minimum Gasteiger partial charge on any atom is -0.428 e. The number of ether oxygens (including phenoxy) is 2. The molecule has 1 heterocycles. The number of hydrogen-bond donors (Lipinski definition) is 3. The monoisotopic (exact) mass is 557 g/mol. The van der Waals surface area contributed by atoms with Gasteiger partial charge in [0.15, 0.2) is 0 Å². The van der Waals surface area contributed by atoms with Gasteiger partial charge in [0.05, 0.1) is 29.3 Å². The van der Waals surface area contributed by atoms with E-state index in [1.165, 1.54) is 24.3 Å². The first-order chi connectivity index (χ1) is 18.8. The highest BCUT2D eigenvalue weighted by molar-refractivity contribution is 5.85. The molecule has 0 saturated carbocycles. The summed E-state index contributed by atoms with van der Waals surface area (Å²) in [5.41, 5.74) is 0.327. The molecule has 0 spiro atoms. The second-order valence-electron chi connectivity index (χ2n) is 10.0. The summed E-state index contributed by atoms with van der Waals surface area (Å²) in [6, 6.07) is 8.20. The summed E-state index contributed by atoms with van der Waals surface area (Å²) in [5, 5.41) is 19.4. The highest BCUT2D eigenvalue weighted by Crippen LogP contribution is 2.22. The number of benzene rings is 1. The number of non-ortho nitro benzene ring substituents is 1. The molecular formula is C27H35N5O8. The third kappa shape index (κ3) is 11.5. The van der Waals surface area contributed by atoms with E-state index in [1.807, 2.05) is 19.1 Å². The summed E-state index contributed by atoms with van der Waals surface area (Å²) in [6.45, 7) is 6.41. The first-order valence-corrected chi connectivity index (χ1v) is 12.6. The van der Waals surface area contributed by atoms with Gasteiger partial charge < -0.3 is 25.4 Å². The lowest BCUT2D eigenvalue weighted by Crippen LogP contribution is -2.39. The van der Waals surface area contributed by atoms with E-state index in [-0.39, 0.29) is 30.1 Å². The van der Waals surface area contributed by atoms with Crippen molar-refractivity contribution in [2.45, 2.75) is 53.0 Å². The van der Waals surface area contributed by atoms with Gasteiger partial charge in [0.1, 0.15) is 5.82 Å². The van der Waals surface area contributed by atoms with Crippen LogP contribution in [0.15, 0.2) is 42.6 Å². The smallest absolute Gasteiger partial charge is 0.314 e. The molecule has 1 aromatic carbocycles. The fourth-order valence-corrected chi connectivity index (χ4v) is 3.31. The van der Waals surface area contributed by atoms with Crippen molar-refractivity contribution in [1.29, 1.82) is 0 Å². The third-order valence-corrected chi connectivity index (χ3v) is 5.46. The minimum atomic E-state index is -0.999. The largest absolute Gasteiger partial charge is 0.428 e. The number of nitro groups is 1. The normalized spacial score (nSPS) is 11.6. The maximum absolute atomic E-state index is 12.6. The van der Waals surface area contributed by atoms with Crippen molar-refractivity contribution >= 4 is 35.3 Å². The van der Waals surface area contributed by atoms with Gasteiger partial charge in [0, 0.05) is 31.3 Å². The summed E-state index contributed by atoms with van der Waals surface area (Å²) in [6.07, 6.45) is 1.96. The fourth-order valence-electron chi connectivity index (χ4n) is 3.31. The Labute approximate surface area is 232 Å². The number of rotatable bonds is 14. The zero-order valence-corrected chi connectivity index (χ0v) is 23.0. The first kappa shape index (κ1) is 31.7. The van der Waals surface area contributed by atoms with Crippen LogP contribution in [0.2, 0.25) is 0 Å². The fraction of sp³-hybridized carbons (Fsp3) is 0.444. The molecular weight excluding hydrogens is 522 g/mol. The average Bonchev–Trinajstić information content (AvgIpc) is 2.89. The molecule has 216 valence electrons. The van der Waals surface area contributed by atoms with E-state index < -0.39 is 47.4 Å². The topological polar surface area (TPSA) is 179 Å². The molecule has 13 heteroatoms. The number of nitro benzene ring substituents is 1. The van der Waals surface area contributed by atoms with Gasteiger partial charge in [0.25, 0.3) is 5.69 Å². The Bertz CT molecular complexity index is 1210. The first-order valence-electron chi connectivity index (χ1n) is 12.6. The molecule has 1 unspecified atom stereocenters. The quantitative estimate of drug-likeness (QED) is 0.103. The van der Waals surface area contributed by atoms with Crippen LogP contribution in [-0.2, 0) is 28.7 Å². The van der Waals surface area contributed by atoms with E-state index in [4.69, 9.17) is 9.47 Å². The van der Waals surface area contributed by atoms with Crippen LogP contribution in [0.4, 0.5) is 11.5 Å². The van der Waals surface area contributed by atoms with E-state index in [1.54, 1.807) is 27.0 Å². The van der Waals surface area contributed by atoms with Crippen LogP contribution in [0.1, 0.15) is 57.2 Å². The Hall–Kier alpha value is -4.55. The second-order valence-corrected chi connectivity index (χ2v) is 10.0. The van der Waals surface area contributed by atoms with Crippen LogP contribution in [0, 0.1) is 22.5 Å². The molecule has 0 aliphatic heterocycles. The Morgan fingerprint density at radius 1 is 1.07 bits per heavy atom. The maximum Gasteiger partial charge on any atom is 0.314 e. The molecule has 13 nitrogen and oxygen atoms in total. The number of esters is 2. The molecule has 0 bridgehead atoms. The van der Waals surface area contributed by atoms with Crippen molar-refractivity contribution < 1.29 is 33.6 Å². The minimum absolute atomic E-state index is 0.167. The summed E-state index contributed by atoms with van der Waals surface area (Å²) in [5.74, 6) is -1.63. The van der Waals surface area contributed by atoms with Gasteiger partial charge in [-0.2, -0.15) is 0 Å². The number of carbonyl (C=O) groups is 4. The van der Waals surface area contributed by atoms with E-state index >= 15 is 0 Å². The van der Waals surface area contributed by atoms with Crippen molar-refractivity contribution in [3.05, 3.63) is 63.8 Å². The predicted molar refractivity (Wildman–Crippen MR) is 145 cm³/mol. The number of pyridine rings is 1. The molecule has 0 radical (unpaired) electrons. The van der Waals surface area contributed by atoms with E-state index in [9.17, 15) is 29.3 Å². The average molecular weight is 558 g/mol. The third-order valence-electron chi connectivity index (χ3n) is 5.46. The van der Waals surface area contributed by atoms with Crippen molar-refractivity contribution in [2.75, 3.05) is 25.2 Å². The van der Waals surface area contributed by atoms with E-state index in [2.05, 4.69) is 20.9 Å². The van der Waals surface area contributed by atoms with Crippen LogP contribution in [-0.4, -0.2) is 53.5 Å². The molecule has 0 aliphatic carbocycles. The van der Waals surface area contributed by atoms with Gasteiger partial charge in [-0.1, -0.05) is 12.1 Å². The Morgan fingerprint density at radius 3 is 2.50 bits per heavy atom. The molecule has 3 N–H and O–H groups in total. The van der Waals surface area contributed by atoms with Crippen molar-refractivity contribution in [3.63, 3.8) is 0 Å². The summed E-state index contributed by atoms with van der Waals surface area (Å²) in [7, 11) is 0. The lowest BCUT2D eigenvalue weighted by molar-refractivity contribution is -0.384. The summed E-state index contributed by atoms with van der Waals surface area (Å²) >= 11 is 0. The molecule has 0 fully saturated rings. The lowest BCUT2D eigenvalue weighted by atomic mass is 9.98. The van der Waals surface area contributed by atoms with Crippen LogP contribution in [0.5, 0.6) is 0 Å². The SMILES string of the molecule is Cc1ccnc(NCCCC(=O)NCC(=O)NC(CC(=O)OCOC(=O)C(C)(C)C)c2cccc([N+](=O)[O-])c2)c1. The van der Waals surface area contributed by atoms with Crippen molar-refractivity contribution in [3.8, 4) is 0 Å². The molecule has 2 rings (SSSR count). The van der Waals surface area contributed by atoms with Crippen LogP contribution in [0.25, 0.3) is 0 Å². The van der Waals surface area contributed by atoms with Crippen molar-refractivity contribution in [2.24, 2.45) is 5.41 Å². The van der Waals surface area contributed by atoms with Gasteiger partial charge in [-0.15, -0.1) is 0 Å². The highest BCUT2D eigenvalue weighted by atomic mass is 16.7. The van der Waals surface area contributed by atoms with Gasteiger partial charge in [-0.25, -0.2) is 4.98 Å². The molecule has 0 aliphatic rings. The van der Waals surface area contributed by atoms with Gasteiger partial charge in [-0.3, -0.25) is 29.3 Å². The standard InChI is InChI=1S/C27H35N5O8/c1-18-10-12-29-22(13-18)28-11-6-9-23(33)30-16-24(34)31-21(19-7-5-8-20(14-19)32(37)38)15-25(35)39-17-40-26(36)27(2,3)4/h5,7-8,10,12-14,21H,6,9,11,15-17H2,1-4H3,(H,28,29)(H,30,33)(H,31,34).